The topological polar surface area (TPSA) is 70.9 Å². The summed E-state index contributed by atoms with van der Waals surface area (Å²) >= 11 is 0. The predicted octanol–water partition coefficient (Wildman–Crippen LogP) is 3.23. The van der Waals surface area contributed by atoms with Crippen molar-refractivity contribution >= 4 is 11.6 Å². The quantitative estimate of drug-likeness (QED) is 0.765. The molecular weight excluding hydrogens is 254 g/mol. The van der Waals surface area contributed by atoms with Crippen LogP contribution in [0.25, 0.3) is 11.3 Å². The Morgan fingerprint density at radius 1 is 1.25 bits per heavy atom. The average Bonchev–Trinajstić information content (AvgIpc) is 3.10. The number of amides is 1. The van der Waals surface area contributed by atoms with Gasteiger partial charge in [-0.25, -0.2) is 4.98 Å². The first kappa shape index (κ1) is 12.2. The molecule has 3 aromatic rings. The summed E-state index contributed by atoms with van der Waals surface area (Å²) in [6.07, 6.45) is 3.39. The van der Waals surface area contributed by atoms with Crippen molar-refractivity contribution in [1.29, 1.82) is 0 Å². The van der Waals surface area contributed by atoms with Gasteiger partial charge in [-0.1, -0.05) is 0 Å². The van der Waals surface area contributed by atoms with Crippen LogP contribution in [0.1, 0.15) is 16.4 Å². The van der Waals surface area contributed by atoms with Gasteiger partial charge in [0.25, 0.3) is 5.91 Å². The molecule has 100 valence electrons. The minimum atomic E-state index is -0.168. The monoisotopic (exact) mass is 267 g/mol. The van der Waals surface area contributed by atoms with E-state index in [0.717, 1.165) is 11.3 Å². The van der Waals surface area contributed by atoms with E-state index in [1.165, 1.54) is 0 Å². The first-order chi connectivity index (χ1) is 9.72. The second-order valence-corrected chi connectivity index (χ2v) is 4.36. The number of nitrogens with zero attached hydrogens (tertiary/aromatic N) is 1. The summed E-state index contributed by atoms with van der Waals surface area (Å²) in [6.45, 7) is 1.80. The molecular formula is C15H13N3O2. The first-order valence-corrected chi connectivity index (χ1v) is 6.20. The highest BCUT2D eigenvalue weighted by Crippen LogP contribution is 2.22. The zero-order valence-corrected chi connectivity index (χ0v) is 10.9. The molecule has 0 radical (unpaired) electrons. The number of hydrogen-bond donors (Lipinski definition) is 2. The minimum Gasteiger partial charge on any atom is -0.441 e. The summed E-state index contributed by atoms with van der Waals surface area (Å²) < 4.78 is 5.45. The average molecular weight is 267 g/mol. The van der Waals surface area contributed by atoms with Crippen LogP contribution in [-0.4, -0.2) is 15.9 Å². The third-order valence-corrected chi connectivity index (χ3v) is 2.89. The maximum absolute atomic E-state index is 11.9. The molecule has 0 bridgehead atoms. The van der Waals surface area contributed by atoms with Crippen LogP contribution >= 0.6 is 0 Å². The molecule has 2 N–H and O–H groups in total. The number of benzene rings is 1. The van der Waals surface area contributed by atoms with E-state index in [0.29, 0.717) is 17.3 Å². The van der Waals surface area contributed by atoms with Gasteiger partial charge in [0, 0.05) is 24.4 Å². The predicted molar refractivity (Wildman–Crippen MR) is 75.4 cm³/mol. The van der Waals surface area contributed by atoms with Crippen molar-refractivity contribution in [2.24, 2.45) is 0 Å². The van der Waals surface area contributed by atoms with Crippen molar-refractivity contribution in [2.75, 3.05) is 5.32 Å². The lowest BCUT2D eigenvalue weighted by atomic mass is 10.1. The van der Waals surface area contributed by atoms with Crippen molar-refractivity contribution in [1.82, 2.24) is 9.97 Å². The fraction of sp³-hybridized carbons (Fsp3) is 0.0667. The van der Waals surface area contributed by atoms with Gasteiger partial charge in [-0.2, -0.15) is 0 Å². The number of hydrogen-bond acceptors (Lipinski definition) is 3. The Morgan fingerprint density at radius 3 is 2.65 bits per heavy atom. The Kier molecular flexibility index (Phi) is 3.09. The van der Waals surface area contributed by atoms with E-state index >= 15 is 0 Å². The molecule has 2 heterocycles. The maximum atomic E-state index is 11.9. The SMILES string of the molecule is Cc1ncc(-c2ccc(NC(=O)c3ccc[nH]3)cc2)o1. The maximum Gasteiger partial charge on any atom is 0.272 e. The van der Waals surface area contributed by atoms with Gasteiger partial charge in [0.05, 0.1) is 6.20 Å². The largest absolute Gasteiger partial charge is 0.441 e. The Labute approximate surface area is 115 Å². The van der Waals surface area contributed by atoms with Crippen LogP contribution in [0.5, 0.6) is 0 Å². The number of aryl methyl sites for hydroxylation is 1. The number of oxazole rings is 1. The Bertz CT molecular complexity index is 712. The first-order valence-electron chi connectivity index (χ1n) is 6.20. The Balaban J connectivity index is 1.75. The van der Waals surface area contributed by atoms with Crippen molar-refractivity contribution in [3.05, 3.63) is 60.4 Å². The van der Waals surface area contributed by atoms with E-state index in [9.17, 15) is 4.79 Å². The molecule has 0 saturated carbocycles. The summed E-state index contributed by atoms with van der Waals surface area (Å²) in [5, 5.41) is 2.81. The van der Waals surface area contributed by atoms with Gasteiger partial charge >= 0.3 is 0 Å². The van der Waals surface area contributed by atoms with Crippen LogP contribution < -0.4 is 5.32 Å². The molecule has 5 nitrogen and oxygen atoms in total. The van der Waals surface area contributed by atoms with Gasteiger partial charge in [-0.3, -0.25) is 4.79 Å². The lowest BCUT2D eigenvalue weighted by Crippen LogP contribution is -2.11. The summed E-state index contributed by atoms with van der Waals surface area (Å²) in [4.78, 5) is 18.8. The standard InChI is InChI=1S/C15H13N3O2/c1-10-17-9-14(20-10)11-4-6-12(7-5-11)18-15(19)13-3-2-8-16-13/h2-9,16H,1H3,(H,18,19). The zero-order valence-electron chi connectivity index (χ0n) is 10.9. The van der Waals surface area contributed by atoms with Crippen LogP contribution in [0.4, 0.5) is 5.69 Å². The van der Waals surface area contributed by atoms with E-state index in [-0.39, 0.29) is 5.91 Å². The third kappa shape index (κ3) is 2.47. The Morgan fingerprint density at radius 2 is 2.05 bits per heavy atom. The van der Waals surface area contributed by atoms with Crippen molar-refractivity contribution in [3.8, 4) is 11.3 Å². The molecule has 0 unspecified atom stereocenters. The van der Waals surface area contributed by atoms with Crippen molar-refractivity contribution < 1.29 is 9.21 Å². The molecule has 0 saturated heterocycles. The molecule has 20 heavy (non-hydrogen) atoms. The minimum absolute atomic E-state index is 0.168. The van der Waals surface area contributed by atoms with E-state index < -0.39 is 0 Å². The summed E-state index contributed by atoms with van der Waals surface area (Å²) in [6, 6.07) is 10.9. The molecule has 1 aromatic carbocycles. The normalized spacial score (nSPS) is 10.4. The molecule has 1 amide bonds. The van der Waals surface area contributed by atoms with Gasteiger partial charge in [-0.05, 0) is 36.4 Å². The number of carbonyl (C=O) groups is 1. The molecule has 0 atom stereocenters. The van der Waals surface area contributed by atoms with E-state index in [2.05, 4.69) is 15.3 Å². The second-order valence-electron chi connectivity index (χ2n) is 4.36. The van der Waals surface area contributed by atoms with Crippen LogP contribution in [0, 0.1) is 6.92 Å². The smallest absolute Gasteiger partial charge is 0.272 e. The number of nitrogens with one attached hydrogen (secondary N) is 2. The number of H-pyrrole nitrogens is 1. The van der Waals surface area contributed by atoms with E-state index in [4.69, 9.17) is 4.42 Å². The highest BCUT2D eigenvalue weighted by atomic mass is 16.4. The summed E-state index contributed by atoms with van der Waals surface area (Å²) in [5.74, 6) is 1.17. The zero-order chi connectivity index (χ0) is 13.9. The van der Waals surface area contributed by atoms with Gasteiger partial charge < -0.3 is 14.7 Å². The van der Waals surface area contributed by atoms with Crippen molar-refractivity contribution in [3.63, 3.8) is 0 Å². The van der Waals surface area contributed by atoms with Crippen LogP contribution in [-0.2, 0) is 0 Å². The number of rotatable bonds is 3. The number of aromatic nitrogens is 2. The highest BCUT2D eigenvalue weighted by Gasteiger charge is 2.07. The molecule has 5 heteroatoms. The summed E-state index contributed by atoms with van der Waals surface area (Å²) in [5.41, 5.74) is 2.17. The third-order valence-electron chi connectivity index (χ3n) is 2.89. The molecule has 0 aliphatic rings. The lowest BCUT2D eigenvalue weighted by Gasteiger charge is -2.04. The molecule has 0 spiro atoms. The van der Waals surface area contributed by atoms with Gasteiger partial charge in [0.1, 0.15) is 5.69 Å². The molecule has 0 aliphatic heterocycles. The highest BCUT2D eigenvalue weighted by molar-refractivity contribution is 6.02. The van der Waals surface area contributed by atoms with Gasteiger partial charge in [-0.15, -0.1) is 0 Å². The van der Waals surface area contributed by atoms with Crippen molar-refractivity contribution in [2.45, 2.75) is 6.92 Å². The molecule has 0 fully saturated rings. The van der Waals surface area contributed by atoms with Crippen LogP contribution in [0.3, 0.4) is 0 Å². The van der Waals surface area contributed by atoms with Crippen LogP contribution in [0.15, 0.2) is 53.2 Å². The number of anilines is 1. The number of aromatic amines is 1. The summed E-state index contributed by atoms with van der Waals surface area (Å²) in [7, 11) is 0. The molecule has 2 aromatic heterocycles. The van der Waals surface area contributed by atoms with Gasteiger partial charge in [0.15, 0.2) is 11.7 Å². The van der Waals surface area contributed by atoms with E-state index in [1.54, 1.807) is 31.5 Å². The molecule has 3 rings (SSSR count). The number of carbonyl (C=O) groups excluding carboxylic acids is 1. The second kappa shape index (κ2) is 5.05. The molecule has 0 aliphatic carbocycles. The Hall–Kier alpha value is -2.82. The van der Waals surface area contributed by atoms with Gasteiger partial charge in [0.2, 0.25) is 0 Å². The fourth-order valence-electron chi connectivity index (χ4n) is 1.88. The van der Waals surface area contributed by atoms with Crippen LogP contribution in [0.2, 0.25) is 0 Å². The fourth-order valence-corrected chi connectivity index (χ4v) is 1.88. The lowest BCUT2D eigenvalue weighted by molar-refractivity contribution is 0.102. The van der Waals surface area contributed by atoms with E-state index in [1.807, 2.05) is 24.3 Å².